The van der Waals surface area contributed by atoms with Crippen molar-refractivity contribution < 1.29 is 95.8 Å². The van der Waals surface area contributed by atoms with Gasteiger partial charge in [-0.3, -0.25) is 0 Å². The maximum atomic E-state index is 8.38. The van der Waals surface area contributed by atoms with Crippen LogP contribution in [0, 0.1) is 0 Å². The van der Waals surface area contributed by atoms with Crippen molar-refractivity contribution in [3.05, 3.63) is 0 Å². The summed E-state index contributed by atoms with van der Waals surface area (Å²) in [5.41, 5.74) is 0. The SMILES string of the molecule is [Nb+5].[Nb+5].[O-]C[O-].[O-]C[O-].[O-]C[O-].[O-]C[O-].[O-]C[O-]. The molecule has 10 nitrogen and oxygen atoms in total. The van der Waals surface area contributed by atoms with E-state index >= 15 is 0 Å². The third-order valence-electron chi connectivity index (χ3n) is 0. The van der Waals surface area contributed by atoms with Gasteiger partial charge in [0.05, 0.1) is 0 Å². The summed E-state index contributed by atoms with van der Waals surface area (Å²) in [6, 6.07) is 0. The molecule has 100 valence electrons. The molecule has 12 heteroatoms. The molecule has 17 heavy (non-hydrogen) atoms. The summed E-state index contributed by atoms with van der Waals surface area (Å²) in [4.78, 5) is 0. The molecule has 0 bridgehead atoms. The summed E-state index contributed by atoms with van der Waals surface area (Å²) in [7, 11) is 0. The normalized spacial score (nSPS) is 5.29. The first-order valence-electron chi connectivity index (χ1n) is 2.89. The first-order valence-corrected chi connectivity index (χ1v) is 2.89. The summed E-state index contributed by atoms with van der Waals surface area (Å²) >= 11 is 0. The van der Waals surface area contributed by atoms with Gasteiger partial charge >= 0.3 is 44.8 Å². The van der Waals surface area contributed by atoms with Crippen LogP contribution in [-0.2, 0) is 44.8 Å². The van der Waals surface area contributed by atoms with Crippen molar-refractivity contribution in [2.24, 2.45) is 0 Å². The Morgan fingerprint density at radius 1 is 0.294 bits per heavy atom. The summed E-state index contributed by atoms with van der Waals surface area (Å²) in [6.45, 7) is -6.25. The number of hydrogen-bond acceptors (Lipinski definition) is 10. The molecule has 0 aromatic rings. The summed E-state index contributed by atoms with van der Waals surface area (Å²) in [6.07, 6.45) is 0. The van der Waals surface area contributed by atoms with Gasteiger partial charge in [0.2, 0.25) is 0 Å². The van der Waals surface area contributed by atoms with E-state index in [0.717, 1.165) is 0 Å². The van der Waals surface area contributed by atoms with Crippen molar-refractivity contribution in [1.29, 1.82) is 0 Å². The minimum absolute atomic E-state index is 0. The van der Waals surface area contributed by atoms with E-state index in [-0.39, 0.29) is 44.8 Å². The first-order chi connectivity index (χ1) is 7.07. The van der Waals surface area contributed by atoms with Gasteiger partial charge in [0.1, 0.15) is 0 Å². The summed E-state index contributed by atoms with van der Waals surface area (Å²) < 4.78 is 0. The zero-order valence-corrected chi connectivity index (χ0v) is 12.9. The van der Waals surface area contributed by atoms with Crippen LogP contribution in [0.15, 0.2) is 0 Å². The predicted octanol–water partition coefficient (Wildman–Crippen LogP) is -11.7. The molecule has 0 heterocycles. The molecule has 0 aliphatic rings. The molecule has 0 atom stereocenters. The predicted molar refractivity (Wildman–Crippen MR) is 24.3 cm³/mol. The van der Waals surface area contributed by atoms with Crippen LogP contribution in [0.25, 0.3) is 0 Å². The first kappa shape index (κ1) is 43.0. The van der Waals surface area contributed by atoms with E-state index in [1.165, 1.54) is 0 Å². The molecule has 0 aromatic carbocycles. The minimum Gasteiger partial charge on any atom is -0.868 e. The molecule has 0 saturated heterocycles. The molecule has 0 aromatic heterocycles. The largest absolute Gasteiger partial charge is 5.00 e. The average Bonchev–Trinajstić information content (AvgIpc) is 2.09. The minimum atomic E-state index is -1.25. The molecule has 0 aliphatic heterocycles. The second-order valence-corrected chi connectivity index (χ2v) is 0.589. The van der Waals surface area contributed by atoms with E-state index in [1.54, 1.807) is 0 Å². The Hall–Kier alpha value is 1.08. The topological polar surface area (TPSA) is 231 Å². The van der Waals surface area contributed by atoms with Crippen molar-refractivity contribution in [2.45, 2.75) is 0 Å². The van der Waals surface area contributed by atoms with Crippen molar-refractivity contribution >= 4 is 0 Å². The Morgan fingerprint density at radius 3 is 0.294 bits per heavy atom. The zero-order chi connectivity index (χ0) is 13.5. The average molecular weight is 416 g/mol. The Labute approximate surface area is 129 Å². The molecule has 0 N–H and O–H groups in total. The van der Waals surface area contributed by atoms with Gasteiger partial charge in [-0.05, 0) is 0 Å². The molecule has 0 spiro atoms. The molecule has 0 rings (SSSR count). The van der Waals surface area contributed by atoms with Crippen molar-refractivity contribution in [2.75, 3.05) is 34.0 Å². The fourth-order valence-corrected chi connectivity index (χ4v) is 0. The maximum Gasteiger partial charge on any atom is 5.00 e. The van der Waals surface area contributed by atoms with E-state index in [4.69, 9.17) is 51.1 Å². The second-order valence-electron chi connectivity index (χ2n) is 0.589. The van der Waals surface area contributed by atoms with Crippen LogP contribution in [0.1, 0.15) is 0 Å². The Bertz CT molecular complexity index is 34.3. The quantitative estimate of drug-likeness (QED) is 0.267. The van der Waals surface area contributed by atoms with Gasteiger partial charge in [-0.25, -0.2) is 34.0 Å². The van der Waals surface area contributed by atoms with Crippen LogP contribution < -0.4 is 51.1 Å². The van der Waals surface area contributed by atoms with Gasteiger partial charge in [0.15, 0.2) is 0 Å². The second kappa shape index (κ2) is 119. The van der Waals surface area contributed by atoms with Crippen LogP contribution >= 0.6 is 0 Å². The molecule has 0 aliphatic carbocycles. The third kappa shape index (κ3) is 3330. The monoisotopic (exact) mass is 416 g/mol. The van der Waals surface area contributed by atoms with E-state index in [1.807, 2.05) is 0 Å². The molecular formula is C5H10Nb2O10. The van der Waals surface area contributed by atoms with Gasteiger partial charge in [0, 0.05) is 0 Å². The van der Waals surface area contributed by atoms with Crippen molar-refractivity contribution in [1.82, 2.24) is 0 Å². The third-order valence-corrected chi connectivity index (χ3v) is 0. The van der Waals surface area contributed by atoms with E-state index in [9.17, 15) is 0 Å². The van der Waals surface area contributed by atoms with Gasteiger partial charge in [-0.2, -0.15) is 0 Å². The van der Waals surface area contributed by atoms with Gasteiger partial charge in [-0.1, -0.05) is 0 Å². The standard InChI is InChI=1S/5CH2O2.2Nb/c5*2-1-3;;/h5*1H2;;/q5*-2;2*+5. The van der Waals surface area contributed by atoms with E-state index in [0.29, 0.717) is 0 Å². The smallest absolute Gasteiger partial charge is 0.868 e. The van der Waals surface area contributed by atoms with Crippen LogP contribution in [0.4, 0.5) is 0 Å². The fraction of sp³-hybridized carbons (Fsp3) is 1.00. The van der Waals surface area contributed by atoms with E-state index < -0.39 is 34.0 Å². The van der Waals surface area contributed by atoms with Crippen LogP contribution in [0.5, 0.6) is 0 Å². The summed E-state index contributed by atoms with van der Waals surface area (Å²) in [5, 5.41) is 83.8. The van der Waals surface area contributed by atoms with Crippen LogP contribution in [0.3, 0.4) is 0 Å². The molecule has 0 fully saturated rings. The maximum absolute atomic E-state index is 8.38. The van der Waals surface area contributed by atoms with Crippen molar-refractivity contribution in [3.8, 4) is 0 Å². The van der Waals surface area contributed by atoms with Gasteiger partial charge in [-0.15, -0.1) is 0 Å². The van der Waals surface area contributed by atoms with Gasteiger partial charge < -0.3 is 51.1 Å². The number of hydrogen-bond donors (Lipinski definition) is 0. The van der Waals surface area contributed by atoms with Crippen molar-refractivity contribution in [3.63, 3.8) is 0 Å². The molecule has 0 saturated carbocycles. The van der Waals surface area contributed by atoms with E-state index in [2.05, 4.69) is 0 Å². The molecule has 0 unspecified atom stereocenters. The number of rotatable bonds is 0. The Balaban J connectivity index is -0.0000000143. The summed E-state index contributed by atoms with van der Waals surface area (Å²) in [5.74, 6) is 0. The molecule has 0 amide bonds. The van der Waals surface area contributed by atoms with Gasteiger partial charge in [0.25, 0.3) is 0 Å². The molecule has 0 radical (unpaired) electrons. The Kier molecular flexibility index (Phi) is 302. The molecular weight excluding hydrogens is 406 g/mol. The fourth-order valence-electron chi connectivity index (χ4n) is 0. The van der Waals surface area contributed by atoms with Crippen LogP contribution in [0.2, 0.25) is 0 Å². The Morgan fingerprint density at radius 2 is 0.294 bits per heavy atom. The zero-order valence-electron chi connectivity index (χ0n) is 8.51. The van der Waals surface area contributed by atoms with Crippen LogP contribution in [-0.4, -0.2) is 34.0 Å².